The molecule has 84 valence electrons. The van der Waals surface area contributed by atoms with Crippen LogP contribution in [0.2, 0.25) is 0 Å². The summed E-state index contributed by atoms with van der Waals surface area (Å²) >= 11 is 0. The molecule has 0 N–H and O–H groups in total. The largest absolute Gasteiger partial charge is 0.299 e. The maximum Gasteiger partial charge on any atom is 0.138 e. The van der Waals surface area contributed by atoms with E-state index in [4.69, 9.17) is 0 Å². The third-order valence-corrected chi connectivity index (χ3v) is 3.94. The summed E-state index contributed by atoms with van der Waals surface area (Å²) in [6.45, 7) is 1.99. The summed E-state index contributed by atoms with van der Waals surface area (Å²) < 4.78 is 0. The summed E-state index contributed by atoms with van der Waals surface area (Å²) in [4.78, 5) is 14.1. The second-order valence-electron chi connectivity index (χ2n) is 5.01. The monoisotopic (exact) mass is 215 g/mol. The summed E-state index contributed by atoms with van der Waals surface area (Å²) in [5, 5.41) is 0. The Kier molecular flexibility index (Phi) is 2.52. The van der Waals surface area contributed by atoms with Gasteiger partial charge in [-0.15, -0.1) is 0 Å². The minimum absolute atomic E-state index is 0.328. The Balaban J connectivity index is 1.71. The van der Waals surface area contributed by atoms with E-state index in [-0.39, 0.29) is 0 Å². The second-order valence-corrected chi connectivity index (χ2v) is 5.01. The summed E-state index contributed by atoms with van der Waals surface area (Å²) in [6, 6.07) is 11.1. The predicted octanol–water partition coefficient (Wildman–Crippen LogP) is 2.24. The lowest BCUT2D eigenvalue weighted by Crippen LogP contribution is -2.51. The van der Waals surface area contributed by atoms with Crippen LogP contribution in [0.1, 0.15) is 24.8 Å². The lowest BCUT2D eigenvalue weighted by atomic mass is 9.79. The van der Waals surface area contributed by atoms with Crippen LogP contribution in [0.4, 0.5) is 0 Å². The van der Waals surface area contributed by atoms with Crippen molar-refractivity contribution in [1.29, 1.82) is 0 Å². The topological polar surface area (TPSA) is 20.3 Å². The highest BCUT2D eigenvalue weighted by Gasteiger charge is 2.38. The van der Waals surface area contributed by atoms with Gasteiger partial charge in [-0.1, -0.05) is 30.3 Å². The van der Waals surface area contributed by atoms with E-state index in [1.807, 2.05) is 0 Å². The molecule has 3 aliphatic rings. The van der Waals surface area contributed by atoms with E-state index in [9.17, 15) is 4.79 Å². The normalized spacial score (nSPS) is 29.6. The molecule has 2 unspecified atom stereocenters. The molecule has 0 aromatic heterocycles. The lowest BCUT2D eigenvalue weighted by molar-refractivity contribution is -0.132. The molecule has 1 saturated carbocycles. The van der Waals surface area contributed by atoms with Crippen LogP contribution in [0.5, 0.6) is 0 Å². The summed E-state index contributed by atoms with van der Waals surface area (Å²) in [6.07, 6.45) is 3.12. The molecule has 0 spiro atoms. The maximum absolute atomic E-state index is 11.6. The van der Waals surface area contributed by atoms with Crippen molar-refractivity contribution >= 4 is 5.78 Å². The molecule has 2 heterocycles. The third kappa shape index (κ3) is 1.78. The van der Waals surface area contributed by atoms with Gasteiger partial charge in [0.1, 0.15) is 5.78 Å². The van der Waals surface area contributed by atoms with E-state index in [0.717, 1.165) is 25.9 Å². The Bertz CT molecular complexity index is 387. The first-order chi connectivity index (χ1) is 7.83. The molecule has 0 amide bonds. The molecule has 1 aliphatic carbocycles. The van der Waals surface area contributed by atoms with E-state index < -0.39 is 0 Å². The van der Waals surface area contributed by atoms with E-state index >= 15 is 0 Å². The van der Waals surface area contributed by atoms with Gasteiger partial charge in [-0.3, -0.25) is 9.69 Å². The van der Waals surface area contributed by atoms with Crippen LogP contribution in [0.25, 0.3) is 0 Å². The molecule has 1 aromatic carbocycles. The molecule has 0 radical (unpaired) electrons. The number of carbonyl (C=O) groups is 1. The molecule has 2 aliphatic heterocycles. The van der Waals surface area contributed by atoms with Gasteiger partial charge in [-0.05, 0) is 18.4 Å². The van der Waals surface area contributed by atoms with Crippen LogP contribution >= 0.6 is 0 Å². The zero-order valence-corrected chi connectivity index (χ0v) is 9.43. The number of Topliss-reactive ketones (excluding diaryl/α,β-unsaturated/α-hetero) is 1. The number of ketones is 1. The number of fused-ring (bicyclic) bond motifs is 3. The second kappa shape index (κ2) is 4.02. The molecule has 4 rings (SSSR count). The SMILES string of the molecule is O=C1CC2CCC1CN2Cc1ccccc1. The van der Waals surface area contributed by atoms with Crippen molar-refractivity contribution in [2.24, 2.45) is 5.92 Å². The zero-order valence-electron chi connectivity index (χ0n) is 9.43. The van der Waals surface area contributed by atoms with Crippen LogP contribution in [0.15, 0.2) is 30.3 Å². The molecule has 2 nitrogen and oxygen atoms in total. The fourth-order valence-electron chi connectivity index (χ4n) is 3.00. The fraction of sp³-hybridized carbons (Fsp3) is 0.500. The Labute approximate surface area is 96.3 Å². The van der Waals surface area contributed by atoms with Gasteiger partial charge in [0.15, 0.2) is 0 Å². The van der Waals surface area contributed by atoms with Crippen molar-refractivity contribution in [3.8, 4) is 0 Å². The van der Waals surface area contributed by atoms with E-state index in [1.165, 1.54) is 12.0 Å². The van der Waals surface area contributed by atoms with Gasteiger partial charge in [0.05, 0.1) is 0 Å². The Hall–Kier alpha value is -1.15. The molecule has 2 bridgehead atoms. The van der Waals surface area contributed by atoms with Crippen LogP contribution in [0, 0.1) is 5.92 Å². The van der Waals surface area contributed by atoms with Gasteiger partial charge in [-0.2, -0.15) is 0 Å². The molecular formula is C14H17NO. The number of carbonyl (C=O) groups excluding carboxylic acids is 1. The minimum Gasteiger partial charge on any atom is -0.299 e. The molecule has 2 heteroatoms. The molecule has 3 fully saturated rings. The Morgan fingerprint density at radius 2 is 2.00 bits per heavy atom. The van der Waals surface area contributed by atoms with Crippen molar-refractivity contribution in [3.63, 3.8) is 0 Å². The molecule has 16 heavy (non-hydrogen) atoms. The summed E-state index contributed by atoms with van der Waals surface area (Å²) in [5.41, 5.74) is 1.36. The van der Waals surface area contributed by atoms with Crippen molar-refractivity contribution < 1.29 is 4.79 Å². The summed E-state index contributed by atoms with van der Waals surface area (Å²) in [5.74, 6) is 0.828. The van der Waals surface area contributed by atoms with Crippen LogP contribution < -0.4 is 0 Å². The molecular weight excluding hydrogens is 198 g/mol. The lowest BCUT2D eigenvalue weighted by Gasteiger charge is -2.44. The van der Waals surface area contributed by atoms with Crippen molar-refractivity contribution in [2.45, 2.75) is 31.8 Å². The van der Waals surface area contributed by atoms with Crippen molar-refractivity contribution in [2.75, 3.05) is 6.54 Å². The molecule has 2 atom stereocenters. The van der Waals surface area contributed by atoms with Gasteiger partial charge in [0.25, 0.3) is 0 Å². The van der Waals surface area contributed by atoms with Gasteiger partial charge in [-0.25, -0.2) is 0 Å². The first-order valence-electron chi connectivity index (χ1n) is 6.13. The first kappa shape index (κ1) is 10.0. The number of benzene rings is 1. The molecule has 1 aromatic rings. The van der Waals surface area contributed by atoms with Gasteiger partial charge in [0.2, 0.25) is 0 Å². The third-order valence-electron chi connectivity index (χ3n) is 3.94. The molecule has 2 saturated heterocycles. The Morgan fingerprint density at radius 1 is 1.19 bits per heavy atom. The average molecular weight is 215 g/mol. The predicted molar refractivity (Wildman–Crippen MR) is 63.0 cm³/mol. The highest BCUT2D eigenvalue weighted by Crippen LogP contribution is 2.33. The summed E-state index contributed by atoms with van der Waals surface area (Å²) in [7, 11) is 0. The van der Waals surface area contributed by atoms with E-state index in [0.29, 0.717) is 17.7 Å². The van der Waals surface area contributed by atoms with Crippen molar-refractivity contribution in [1.82, 2.24) is 4.90 Å². The Morgan fingerprint density at radius 3 is 2.62 bits per heavy atom. The standard InChI is InChI=1S/C14H17NO/c16-14-8-13-7-6-12(14)10-15(13)9-11-4-2-1-3-5-11/h1-5,12-13H,6-10H2. The number of rotatable bonds is 2. The number of piperidine rings is 2. The van der Waals surface area contributed by atoms with E-state index in [2.05, 4.69) is 35.2 Å². The number of hydrogen-bond donors (Lipinski definition) is 0. The van der Waals surface area contributed by atoms with Gasteiger partial charge >= 0.3 is 0 Å². The number of nitrogens with zero attached hydrogens (tertiary/aromatic N) is 1. The minimum atomic E-state index is 0.328. The van der Waals surface area contributed by atoms with Crippen molar-refractivity contribution in [3.05, 3.63) is 35.9 Å². The van der Waals surface area contributed by atoms with Crippen LogP contribution in [0.3, 0.4) is 0 Å². The highest BCUT2D eigenvalue weighted by molar-refractivity contribution is 5.83. The van der Waals surface area contributed by atoms with Crippen LogP contribution in [-0.4, -0.2) is 23.3 Å². The maximum atomic E-state index is 11.6. The highest BCUT2D eigenvalue weighted by atomic mass is 16.1. The van der Waals surface area contributed by atoms with E-state index in [1.54, 1.807) is 0 Å². The first-order valence-corrected chi connectivity index (χ1v) is 6.13. The van der Waals surface area contributed by atoms with Gasteiger partial charge in [0, 0.05) is 31.5 Å². The average Bonchev–Trinajstić information content (AvgIpc) is 2.32. The quantitative estimate of drug-likeness (QED) is 0.754. The smallest absolute Gasteiger partial charge is 0.138 e. The number of hydrogen-bond acceptors (Lipinski definition) is 2. The van der Waals surface area contributed by atoms with Gasteiger partial charge < -0.3 is 0 Å². The van der Waals surface area contributed by atoms with Crippen LogP contribution in [-0.2, 0) is 11.3 Å². The zero-order chi connectivity index (χ0) is 11.0. The fourth-order valence-corrected chi connectivity index (χ4v) is 3.00.